The summed E-state index contributed by atoms with van der Waals surface area (Å²) >= 11 is 0. The van der Waals surface area contributed by atoms with Crippen LogP contribution in [0.15, 0.2) is 13.5 Å². The summed E-state index contributed by atoms with van der Waals surface area (Å²) in [5, 5.41) is 0. The predicted octanol–water partition coefficient (Wildman–Crippen LogP) is 6.05. The van der Waals surface area contributed by atoms with Gasteiger partial charge in [-0.1, -0.05) is 0 Å². The molecule has 0 bridgehead atoms. The van der Waals surface area contributed by atoms with Gasteiger partial charge < -0.3 is 0 Å². The fourth-order valence-corrected chi connectivity index (χ4v) is 23.0. The van der Waals surface area contributed by atoms with Crippen LogP contribution in [0.5, 0.6) is 0 Å². The van der Waals surface area contributed by atoms with Crippen LogP contribution in [0.3, 0.4) is 0 Å². The average molecular weight is 681 g/mol. The van der Waals surface area contributed by atoms with Crippen molar-refractivity contribution < 1.29 is 40.8 Å². The predicted molar refractivity (Wildman–Crippen MR) is 156 cm³/mol. The summed E-state index contributed by atoms with van der Waals surface area (Å²) in [6.07, 6.45) is 0. The molecule has 6 N–H and O–H groups in total. The summed E-state index contributed by atoms with van der Waals surface area (Å²) in [6.45, 7) is 9.60. The molecule has 0 spiro atoms. The maximum atomic E-state index is 14.1. The molecule has 0 amide bonds. The number of hydrogen-bond donors (Lipinski definition) is 3. The maximum absolute atomic E-state index is 14.1. The van der Waals surface area contributed by atoms with Crippen LogP contribution >= 0.6 is 45.8 Å². The molecule has 39 heavy (non-hydrogen) atoms. The molecule has 1 aliphatic rings. The summed E-state index contributed by atoms with van der Waals surface area (Å²) in [6, 6.07) is 0. The van der Waals surface area contributed by atoms with Gasteiger partial charge in [-0.3, -0.25) is 43.7 Å². The Balaban J connectivity index is 4.30. The van der Waals surface area contributed by atoms with Crippen molar-refractivity contribution in [1.82, 2.24) is 13.3 Å². The molecule has 1 unspecified atom stereocenters. The number of rotatable bonds is 18. The van der Waals surface area contributed by atoms with Crippen LogP contribution < -0.4 is 16.5 Å². The first-order chi connectivity index (χ1) is 17.9. The molecular weight excluding hydrogens is 636 g/mol. The highest BCUT2D eigenvalue weighted by Gasteiger charge is 2.55. The Morgan fingerprint density at radius 1 is 0.538 bits per heavy atom. The Morgan fingerprint density at radius 2 is 0.821 bits per heavy atom. The van der Waals surface area contributed by atoms with Gasteiger partial charge in [-0.05, 0) is 41.5 Å². The summed E-state index contributed by atoms with van der Waals surface area (Å²) in [4.78, 5) is 0. The minimum absolute atomic E-state index is 0.00534. The van der Waals surface area contributed by atoms with Crippen LogP contribution in [0, 0.1) is 0 Å². The zero-order valence-electron chi connectivity index (χ0n) is 24.0. The first-order valence-electron chi connectivity index (χ1n) is 12.1. The van der Waals surface area contributed by atoms with Gasteiger partial charge in [0.25, 0.3) is 0 Å². The summed E-state index contributed by atoms with van der Waals surface area (Å²) in [5.74, 6) is 0. The second-order valence-corrected chi connectivity index (χ2v) is 22.3. The van der Waals surface area contributed by atoms with E-state index in [2.05, 4.69) is 9.03 Å². The normalized spacial score (nSPS) is 21.6. The highest BCUT2D eigenvalue weighted by molar-refractivity contribution is 7.89. The minimum Gasteiger partial charge on any atom is -0.297 e. The third-order valence-electron chi connectivity index (χ3n) is 4.81. The van der Waals surface area contributed by atoms with E-state index in [0.29, 0.717) is 0 Å². The SMILES string of the molecule is CCOP(=O)(OCC)N(C)P1(N)=NP(N(C)P(=O)(OCC)OCC)(N(C)P(=O)(OCC)OCC)=NP(N)(N)=N1. The molecule has 1 aliphatic heterocycles. The second kappa shape index (κ2) is 15.1. The smallest absolute Gasteiger partial charge is 0.297 e. The molecule has 1 rings (SSSR count). The molecule has 0 saturated heterocycles. The molecule has 24 heteroatoms. The van der Waals surface area contributed by atoms with Crippen molar-refractivity contribution in [3.63, 3.8) is 0 Å². The first-order valence-corrected chi connectivity index (χ1v) is 21.8. The third-order valence-corrected chi connectivity index (χ3v) is 23.4. The van der Waals surface area contributed by atoms with Crippen molar-refractivity contribution in [2.75, 3.05) is 60.8 Å². The van der Waals surface area contributed by atoms with Gasteiger partial charge in [0.2, 0.25) is 22.5 Å². The van der Waals surface area contributed by atoms with Gasteiger partial charge in [0, 0.05) is 21.1 Å². The molecule has 0 saturated carbocycles. The van der Waals surface area contributed by atoms with Crippen molar-refractivity contribution >= 4 is 45.8 Å². The molecule has 0 aromatic heterocycles. The lowest BCUT2D eigenvalue weighted by molar-refractivity contribution is 0.190. The van der Waals surface area contributed by atoms with Gasteiger partial charge in [0.1, 0.15) is 0 Å². The number of nitrogens with zero attached hydrogens (tertiary/aromatic N) is 6. The highest BCUT2D eigenvalue weighted by Crippen LogP contribution is 2.85. The van der Waals surface area contributed by atoms with Crippen molar-refractivity contribution in [1.29, 1.82) is 0 Å². The zero-order valence-corrected chi connectivity index (χ0v) is 29.4. The molecule has 234 valence electrons. The summed E-state index contributed by atoms with van der Waals surface area (Å²) in [7, 11) is -20.3. The van der Waals surface area contributed by atoms with Crippen LogP contribution in [0.1, 0.15) is 41.5 Å². The quantitative estimate of drug-likeness (QED) is 0.140. The van der Waals surface area contributed by atoms with Crippen LogP contribution in [0.2, 0.25) is 0 Å². The summed E-state index contributed by atoms with van der Waals surface area (Å²) < 4.78 is 92.0. The standard InChI is InChI=1S/C15H45N9O9P6/c1-10-28-37(25,29-11-2)22(7)35(18)19-34(16,17)20-36(21-35,23(8)38(26,30-12-3)31-13-4)24(9)39(27,32-14-5)33-15-6/h10-18H2,1-9H3. The van der Waals surface area contributed by atoms with E-state index in [1.807, 2.05) is 0 Å². The van der Waals surface area contributed by atoms with Crippen LogP contribution in [0.4, 0.5) is 0 Å². The Bertz CT molecular complexity index is 1080. The van der Waals surface area contributed by atoms with Crippen LogP contribution in [0.25, 0.3) is 0 Å². The monoisotopic (exact) mass is 681 g/mol. The fraction of sp³-hybridized carbons (Fsp3) is 1.00. The van der Waals surface area contributed by atoms with E-state index < -0.39 is 45.8 Å². The molecule has 0 radical (unpaired) electrons. The molecule has 1 heterocycles. The number of hydrogen-bond acceptors (Lipinski definition) is 15. The lowest BCUT2D eigenvalue weighted by Gasteiger charge is -2.44. The number of nitrogens with two attached hydrogens (primary N) is 3. The van der Waals surface area contributed by atoms with Gasteiger partial charge in [-0.25, -0.2) is 13.7 Å². The van der Waals surface area contributed by atoms with E-state index >= 15 is 0 Å². The molecule has 1 atom stereocenters. The molecule has 0 aliphatic carbocycles. The molecular formula is C15H45N9O9P6. The van der Waals surface area contributed by atoms with Crippen molar-refractivity contribution in [2.24, 2.45) is 30.1 Å². The lowest BCUT2D eigenvalue weighted by Crippen LogP contribution is -2.29. The van der Waals surface area contributed by atoms with Crippen LogP contribution in [-0.4, -0.2) is 74.1 Å². The van der Waals surface area contributed by atoms with Gasteiger partial charge in [-0.15, -0.1) is 13.3 Å². The van der Waals surface area contributed by atoms with E-state index in [-0.39, 0.29) is 39.6 Å². The van der Waals surface area contributed by atoms with E-state index in [9.17, 15) is 13.7 Å². The Hall–Kier alpha value is 0.900. The second-order valence-electron chi connectivity index (χ2n) is 7.50. The fourth-order valence-electron chi connectivity index (χ4n) is 3.22. The Kier molecular flexibility index (Phi) is 14.7. The highest BCUT2D eigenvalue weighted by atomic mass is 31.3. The first kappa shape index (κ1) is 37.9. The van der Waals surface area contributed by atoms with E-state index in [0.717, 1.165) is 13.3 Å². The molecule has 0 aromatic rings. The van der Waals surface area contributed by atoms with Gasteiger partial charge in [0.15, 0.2) is 0 Å². The van der Waals surface area contributed by atoms with E-state index in [4.69, 9.17) is 48.2 Å². The molecule has 0 aromatic carbocycles. The average Bonchev–Trinajstić information content (AvgIpc) is 2.82. The lowest BCUT2D eigenvalue weighted by atomic mass is 10.9. The Labute approximate surface area is 232 Å². The van der Waals surface area contributed by atoms with Gasteiger partial charge in [0.05, 0.1) is 39.6 Å². The molecule has 0 fully saturated rings. The van der Waals surface area contributed by atoms with Crippen molar-refractivity contribution in [3.8, 4) is 0 Å². The zero-order chi connectivity index (χ0) is 30.3. The largest absolute Gasteiger partial charge is 0.414 e. The van der Waals surface area contributed by atoms with E-state index in [1.54, 1.807) is 41.5 Å². The third kappa shape index (κ3) is 8.51. The van der Waals surface area contributed by atoms with Gasteiger partial charge >= 0.3 is 23.2 Å². The summed E-state index contributed by atoms with van der Waals surface area (Å²) in [5.41, 5.74) is 19.6. The maximum Gasteiger partial charge on any atom is 0.414 e. The van der Waals surface area contributed by atoms with Gasteiger partial charge in [-0.2, -0.15) is 13.5 Å². The van der Waals surface area contributed by atoms with Crippen molar-refractivity contribution in [3.05, 3.63) is 0 Å². The Morgan fingerprint density at radius 3 is 1.10 bits per heavy atom. The van der Waals surface area contributed by atoms with Crippen LogP contribution in [-0.2, 0) is 40.8 Å². The minimum atomic E-state index is -4.22. The topological polar surface area (TPSA) is 231 Å². The molecule has 18 nitrogen and oxygen atoms in total. The van der Waals surface area contributed by atoms with Crippen molar-refractivity contribution in [2.45, 2.75) is 41.5 Å². The van der Waals surface area contributed by atoms with E-state index in [1.165, 1.54) is 21.1 Å².